The van der Waals surface area contributed by atoms with Gasteiger partial charge in [0.2, 0.25) is 5.91 Å². The van der Waals surface area contributed by atoms with Gasteiger partial charge in [0.05, 0.1) is 34.9 Å². The van der Waals surface area contributed by atoms with Gasteiger partial charge in [-0.1, -0.05) is 12.5 Å². The number of thiol groups is 1. The Labute approximate surface area is 198 Å². The average Bonchev–Trinajstić information content (AvgIpc) is 3.51. The number of halogens is 2. The average molecular weight is 480 g/mol. The van der Waals surface area contributed by atoms with Gasteiger partial charge in [-0.3, -0.25) is 4.79 Å². The number of nitrogens with two attached hydrogens (primary N) is 1. The maximum Gasteiger partial charge on any atom is 0.246 e. The number of pyridine rings is 1. The third kappa shape index (κ3) is 3.30. The number of aryl methyl sites for hydroxylation is 1. The van der Waals surface area contributed by atoms with Crippen molar-refractivity contribution in [3.05, 3.63) is 60.2 Å². The number of carbonyl (C=O) groups excluding carboxylic acids is 1. The highest BCUT2D eigenvalue weighted by Gasteiger charge is 2.40. The summed E-state index contributed by atoms with van der Waals surface area (Å²) in [5.74, 6) is 3.38. The Morgan fingerprint density at radius 1 is 1.32 bits per heavy atom. The molecule has 0 bridgehead atoms. The van der Waals surface area contributed by atoms with Crippen LogP contribution in [0.3, 0.4) is 0 Å². The Morgan fingerprint density at radius 3 is 2.88 bits per heavy atom. The minimum Gasteiger partial charge on any atom is -0.383 e. The molecule has 1 aliphatic heterocycles. The molecule has 0 unspecified atom stereocenters. The first kappa shape index (κ1) is 21.9. The number of likely N-dealkylation sites (tertiary alicyclic amines) is 1. The molecule has 0 radical (unpaired) electrons. The molecule has 2 N–H and O–H groups in total. The van der Waals surface area contributed by atoms with E-state index in [1.807, 2.05) is 0 Å². The molecular formula is C23H19F2N7OS. The van der Waals surface area contributed by atoms with Crippen LogP contribution in [0.1, 0.15) is 17.7 Å². The number of benzene rings is 1. The number of anilines is 1. The van der Waals surface area contributed by atoms with Gasteiger partial charge in [-0.25, -0.2) is 23.4 Å². The van der Waals surface area contributed by atoms with Crippen molar-refractivity contribution in [3.8, 4) is 11.8 Å². The first-order chi connectivity index (χ1) is 16.2. The van der Waals surface area contributed by atoms with Crippen molar-refractivity contribution in [2.24, 2.45) is 7.05 Å². The number of rotatable bonds is 2. The maximum absolute atomic E-state index is 14.7. The predicted octanol–water partition coefficient (Wildman–Crippen LogP) is 2.58. The quantitative estimate of drug-likeness (QED) is 0.262. The van der Waals surface area contributed by atoms with Gasteiger partial charge in [-0.2, -0.15) is 5.10 Å². The molecule has 11 heteroatoms. The predicted molar refractivity (Wildman–Crippen MR) is 127 cm³/mol. The van der Waals surface area contributed by atoms with Crippen molar-refractivity contribution in [1.29, 1.82) is 0 Å². The minimum absolute atomic E-state index is 0.0584. The first-order valence-electron chi connectivity index (χ1n) is 10.3. The van der Waals surface area contributed by atoms with E-state index >= 15 is 0 Å². The molecule has 172 valence electrons. The van der Waals surface area contributed by atoms with Crippen LogP contribution in [-0.4, -0.2) is 48.2 Å². The number of fused-ring (bicyclic) bond motifs is 2. The summed E-state index contributed by atoms with van der Waals surface area (Å²) < 4.78 is 32.4. The zero-order valence-corrected chi connectivity index (χ0v) is 19.0. The molecule has 1 atom stereocenters. The summed E-state index contributed by atoms with van der Waals surface area (Å²) >= 11 is 4.84. The zero-order chi connectivity index (χ0) is 24.2. The lowest BCUT2D eigenvalue weighted by Crippen LogP contribution is -2.34. The van der Waals surface area contributed by atoms with Gasteiger partial charge in [0.15, 0.2) is 11.6 Å². The summed E-state index contributed by atoms with van der Waals surface area (Å²) in [5.41, 5.74) is 7.17. The van der Waals surface area contributed by atoms with Crippen molar-refractivity contribution in [3.63, 3.8) is 0 Å². The molecule has 4 heterocycles. The lowest BCUT2D eigenvalue weighted by Gasteiger charge is -2.24. The van der Waals surface area contributed by atoms with Crippen molar-refractivity contribution in [2.45, 2.75) is 11.3 Å². The number of nitrogen functional groups attached to an aromatic ring is 1. The Bertz CT molecular complexity index is 1560. The van der Waals surface area contributed by atoms with Crippen LogP contribution in [0.5, 0.6) is 0 Å². The van der Waals surface area contributed by atoms with Crippen molar-refractivity contribution < 1.29 is 13.6 Å². The number of carbonyl (C=O) groups is 1. The van der Waals surface area contributed by atoms with Crippen LogP contribution in [0.25, 0.3) is 21.9 Å². The first-order valence-corrected chi connectivity index (χ1v) is 10.8. The molecule has 5 rings (SSSR count). The fourth-order valence-electron chi connectivity index (χ4n) is 4.22. The molecular weight excluding hydrogens is 460 g/mol. The van der Waals surface area contributed by atoms with Gasteiger partial charge >= 0.3 is 0 Å². The number of aromatic nitrogens is 5. The molecule has 1 saturated heterocycles. The van der Waals surface area contributed by atoms with E-state index in [0.29, 0.717) is 30.4 Å². The highest BCUT2D eigenvalue weighted by atomic mass is 32.1. The van der Waals surface area contributed by atoms with Crippen LogP contribution in [0.4, 0.5) is 14.6 Å². The lowest BCUT2D eigenvalue weighted by molar-refractivity contribution is -0.125. The molecule has 8 nitrogen and oxygen atoms in total. The SMILES string of the molecule is C=CC(=O)N1CC[C@](S)(n2nc(C#Cc3cc4ncn(C)c4c(F)c3F)c3c(N)nccc32)C1. The Morgan fingerprint density at radius 2 is 2.12 bits per heavy atom. The van der Waals surface area contributed by atoms with E-state index in [9.17, 15) is 13.6 Å². The van der Waals surface area contributed by atoms with Gasteiger partial charge in [0.25, 0.3) is 0 Å². The third-order valence-corrected chi connectivity index (χ3v) is 6.48. The van der Waals surface area contributed by atoms with E-state index in [0.717, 1.165) is 0 Å². The number of nitrogens with zero attached hydrogens (tertiary/aromatic N) is 6. The molecule has 0 saturated carbocycles. The van der Waals surface area contributed by atoms with E-state index in [1.54, 1.807) is 22.7 Å². The van der Waals surface area contributed by atoms with E-state index in [1.165, 1.54) is 29.2 Å². The van der Waals surface area contributed by atoms with Crippen LogP contribution in [0.2, 0.25) is 0 Å². The molecule has 1 fully saturated rings. The van der Waals surface area contributed by atoms with Gasteiger partial charge in [-0.05, 0) is 24.1 Å². The normalized spacial score (nSPS) is 17.8. The number of amides is 1. The standard InChI is InChI=1S/C23H19F2N7OS/c1-3-17(33)31-9-7-23(34,11-31)32-16-6-8-27-22(26)18(16)14(29-32)5-4-13-10-15-21(20(25)19(13)24)30(2)12-28-15/h3,6,8,10,12,34H,1,7,9,11H2,2H3,(H2,26,27)/t23-/m1/s1. The third-order valence-electron chi connectivity index (χ3n) is 5.93. The summed E-state index contributed by atoms with van der Waals surface area (Å²) in [6.45, 7) is 4.31. The second-order valence-corrected chi connectivity index (χ2v) is 8.90. The van der Waals surface area contributed by atoms with Crippen LogP contribution in [-0.2, 0) is 16.7 Å². The molecule has 1 aromatic carbocycles. The zero-order valence-electron chi connectivity index (χ0n) is 18.1. The smallest absolute Gasteiger partial charge is 0.246 e. The fraction of sp³-hybridized carbons (Fsp3) is 0.217. The van der Waals surface area contributed by atoms with Gasteiger partial charge < -0.3 is 15.2 Å². The summed E-state index contributed by atoms with van der Waals surface area (Å²) in [7, 11) is 1.58. The van der Waals surface area contributed by atoms with Gasteiger partial charge in [0.1, 0.15) is 21.9 Å². The van der Waals surface area contributed by atoms with E-state index in [2.05, 4.69) is 33.5 Å². The van der Waals surface area contributed by atoms with Gasteiger partial charge in [-0.15, -0.1) is 12.6 Å². The van der Waals surface area contributed by atoms with Crippen LogP contribution < -0.4 is 5.73 Å². The highest BCUT2D eigenvalue weighted by molar-refractivity contribution is 7.81. The Balaban J connectivity index is 1.63. The molecule has 4 aromatic rings. The number of hydrogen-bond donors (Lipinski definition) is 2. The van der Waals surface area contributed by atoms with Crippen LogP contribution in [0, 0.1) is 23.5 Å². The van der Waals surface area contributed by atoms with Crippen LogP contribution >= 0.6 is 12.6 Å². The minimum atomic E-state index is -1.07. The van der Waals surface area contributed by atoms with E-state index in [-0.39, 0.29) is 34.0 Å². The van der Waals surface area contributed by atoms with Gasteiger partial charge in [0, 0.05) is 26.2 Å². The molecule has 3 aromatic heterocycles. The summed E-state index contributed by atoms with van der Waals surface area (Å²) in [6, 6.07) is 3.11. The number of imidazole rings is 1. The fourth-order valence-corrected chi connectivity index (χ4v) is 4.65. The number of hydrogen-bond acceptors (Lipinski definition) is 6. The summed E-state index contributed by atoms with van der Waals surface area (Å²) in [4.78, 5) is 21.1. The Hall–Kier alpha value is -3.91. The second kappa shape index (κ2) is 7.85. The second-order valence-electron chi connectivity index (χ2n) is 8.07. The van der Waals surface area contributed by atoms with E-state index in [4.69, 9.17) is 18.4 Å². The lowest BCUT2D eigenvalue weighted by atomic mass is 10.1. The molecule has 34 heavy (non-hydrogen) atoms. The summed E-state index contributed by atoms with van der Waals surface area (Å²) in [5, 5.41) is 5.07. The van der Waals surface area contributed by atoms with Crippen molar-refractivity contribution >= 4 is 46.3 Å². The Kier molecular flexibility index (Phi) is 5.06. The molecule has 0 aliphatic carbocycles. The molecule has 1 amide bonds. The van der Waals surface area contributed by atoms with Crippen molar-refractivity contribution in [2.75, 3.05) is 18.8 Å². The summed E-state index contributed by atoms with van der Waals surface area (Å²) in [6.07, 6.45) is 4.72. The van der Waals surface area contributed by atoms with E-state index < -0.39 is 16.5 Å². The molecule has 0 spiro atoms. The largest absolute Gasteiger partial charge is 0.383 e. The van der Waals surface area contributed by atoms with Crippen LogP contribution in [0.15, 0.2) is 37.3 Å². The topological polar surface area (TPSA) is 94.9 Å². The monoisotopic (exact) mass is 479 g/mol. The maximum atomic E-state index is 14.7. The highest BCUT2D eigenvalue weighted by Crippen LogP contribution is 2.37. The van der Waals surface area contributed by atoms with Crippen molar-refractivity contribution in [1.82, 2.24) is 29.2 Å². The molecule has 1 aliphatic rings.